The van der Waals surface area contributed by atoms with Crippen molar-refractivity contribution in [3.63, 3.8) is 0 Å². The molecule has 0 aliphatic carbocycles. The summed E-state index contributed by atoms with van der Waals surface area (Å²) in [7, 11) is -6.49. The van der Waals surface area contributed by atoms with Crippen LogP contribution < -0.4 is 0 Å². The van der Waals surface area contributed by atoms with Crippen LogP contribution in [0, 0.1) is 0 Å². The molecule has 0 atom stereocenters. The first-order valence-electron chi connectivity index (χ1n) is 6.82. The molecule has 23 heavy (non-hydrogen) atoms. The molecule has 0 fully saturated rings. The van der Waals surface area contributed by atoms with Gasteiger partial charge >= 0.3 is 0 Å². The van der Waals surface area contributed by atoms with Gasteiger partial charge in [0, 0.05) is 12.5 Å². The van der Waals surface area contributed by atoms with Gasteiger partial charge in [-0.2, -0.15) is 0 Å². The summed E-state index contributed by atoms with van der Waals surface area (Å²) in [5.41, 5.74) is 1.49. The Labute approximate surface area is 136 Å². The molecule has 5 nitrogen and oxygen atoms in total. The highest BCUT2D eigenvalue weighted by atomic mass is 32.2. The van der Waals surface area contributed by atoms with E-state index in [2.05, 4.69) is 0 Å². The van der Waals surface area contributed by atoms with Gasteiger partial charge in [0.2, 0.25) is 0 Å². The van der Waals surface area contributed by atoms with E-state index in [1.54, 1.807) is 36.4 Å². The fourth-order valence-corrected chi connectivity index (χ4v) is 3.40. The van der Waals surface area contributed by atoms with E-state index >= 15 is 0 Å². The third-order valence-electron chi connectivity index (χ3n) is 3.19. The molecule has 0 heterocycles. The minimum Gasteiger partial charge on any atom is -0.372 e. The molecule has 0 aliphatic rings. The van der Waals surface area contributed by atoms with Crippen LogP contribution >= 0.6 is 0 Å². The predicted octanol–water partition coefficient (Wildman–Crippen LogP) is 2.21. The van der Waals surface area contributed by atoms with Crippen LogP contribution in [0.15, 0.2) is 58.3 Å². The van der Waals surface area contributed by atoms with Crippen LogP contribution in [0.2, 0.25) is 0 Å². The third-order valence-corrected chi connectivity index (χ3v) is 5.41. The Balaban J connectivity index is 2.03. The van der Waals surface area contributed by atoms with E-state index in [0.717, 1.165) is 23.6 Å². The monoisotopic (exact) mass is 354 g/mol. The summed E-state index contributed by atoms with van der Waals surface area (Å²) in [6.07, 6.45) is 2.31. The number of benzene rings is 2. The predicted molar refractivity (Wildman–Crippen MR) is 87.6 cm³/mol. The molecule has 0 aliphatic heterocycles. The second kappa shape index (κ2) is 6.82. The van der Waals surface area contributed by atoms with E-state index in [1.807, 2.05) is 0 Å². The quantitative estimate of drug-likeness (QED) is 0.795. The van der Waals surface area contributed by atoms with E-state index < -0.39 is 19.7 Å². The summed E-state index contributed by atoms with van der Waals surface area (Å²) in [5.74, 6) is 0. The minimum atomic E-state index is -3.25. The number of hydrogen-bond acceptors (Lipinski definition) is 5. The maximum atomic E-state index is 11.5. The summed E-state index contributed by atoms with van der Waals surface area (Å²) in [5, 5.41) is 0. The highest BCUT2D eigenvalue weighted by Crippen LogP contribution is 2.15. The molecule has 0 saturated carbocycles. The summed E-state index contributed by atoms with van der Waals surface area (Å²) in [6.45, 7) is 0.485. The van der Waals surface area contributed by atoms with Crippen LogP contribution in [0.1, 0.15) is 11.1 Å². The van der Waals surface area contributed by atoms with Crippen LogP contribution in [0.25, 0.3) is 0 Å². The summed E-state index contributed by atoms with van der Waals surface area (Å²) >= 11 is 0. The Bertz CT molecular complexity index is 824. The Morgan fingerprint density at radius 3 is 1.48 bits per heavy atom. The van der Waals surface area contributed by atoms with E-state index in [1.165, 1.54) is 12.1 Å². The maximum Gasteiger partial charge on any atom is 0.175 e. The van der Waals surface area contributed by atoms with E-state index in [0.29, 0.717) is 0 Å². The molecular weight excluding hydrogens is 336 g/mol. The van der Waals surface area contributed by atoms with Crippen molar-refractivity contribution in [3.8, 4) is 0 Å². The van der Waals surface area contributed by atoms with Crippen molar-refractivity contribution >= 4 is 19.7 Å². The van der Waals surface area contributed by atoms with Gasteiger partial charge in [0.25, 0.3) is 0 Å². The van der Waals surface area contributed by atoms with Crippen molar-refractivity contribution < 1.29 is 21.6 Å². The standard InChI is InChI=1S/C16H18O5S2/c1-22(17,18)15-7-3-5-13(9-15)11-21-12-14-6-4-8-16(10-14)23(2,19)20/h3-10H,11-12H2,1-2H3. The number of ether oxygens (including phenoxy) is 1. The fourth-order valence-electron chi connectivity index (χ4n) is 2.02. The van der Waals surface area contributed by atoms with Gasteiger partial charge in [-0.05, 0) is 35.4 Å². The summed E-state index contributed by atoms with van der Waals surface area (Å²) < 4.78 is 51.6. The number of rotatable bonds is 6. The fraction of sp³-hybridized carbons (Fsp3) is 0.250. The van der Waals surface area contributed by atoms with Gasteiger partial charge < -0.3 is 4.74 Å². The highest BCUT2D eigenvalue weighted by molar-refractivity contribution is 7.91. The lowest BCUT2D eigenvalue weighted by molar-refractivity contribution is 0.107. The molecular formula is C16H18O5S2. The van der Waals surface area contributed by atoms with Crippen molar-refractivity contribution in [2.24, 2.45) is 0 Å². The van der Waals surface area contributed by atoms with Gasteiger partial charge in [0.15, 0.2) is 19.7 Å². The second-order valence-electron chi connectivity index (χ2n) is 5.33. The lowest BCUT2D eigenvalue weighted by Crippen LogP contribution is -2.01. The van der Waals surface area contributed by atoms with E-state index in [-0.39, 0.29) is 23.0 Å². The first-order chi connectivity index (χ1) is 10.7. The van der Waals surface area contributed by atoms with E-state index in [9.17, 15) is 16.8 Å². The van der Waals surface area contributed by atoms with Gasteiger partial charge in [-0.25, -0.2) is 16.8 Å². The highest BCUT2D eigenvalue weighted by Gasteiger charge is 2.09. The van der Waals surface area contributed by atoms with Gasteiger partial charge in [-0.3, -0.25) is 0 Å². The number of sulfone groups is 2. The molecule has 0 aromatic heterocycles. The molecule has 0 radical (unpaired) electrons. The van der Waals surface area contributed by atoms with Crippen molar-refractivity contribution in [3.05, 3.63) is 59.7 Å². The lowest BCUT2D eigenvalue weighted by Gasteiger charge is -2.07. The first-order valence-corrected chi connectivity index (χ1v) is 10.6. The molecule has 0 spiro atoms. The van der Waals surface area contributed by atoms with Gasteiger partial charge in [0.1, 0.15) is 0 Å². The molecule has 2 rings (SSSR count). The Morgan fingerprint density at radius 1 is 0.739 bits per heavy atom. The summed E-state index contributed by atoms with van der Waals surface area (Å²) in [6, 6.07) is 13.1. The van der Waals surface area contributed by atoms with Crippen molar-refractivity contribution in [1.82, 2.24) is 0 Å². The Hall–Kier alpha value is -1.70. The molecule has 0 N–H and O–H groups in total. The lowest BCUT2D eigenvalue weighted by atomic mass is 10.2. The van der Waals surface area contributed by atoms with Crippen LogP contribution in [0.3, 0.4) is 0 Å². The van der Waals surface area contributed by atoms with Crippen molar-refractivity contribution in [1.29, 1.82) is 0 Å². The molecule has 2 aromatic carbocycles. The SMILES string of the molecule is CS(=O)(=O)c1cccc(COCc2cccc(S(C)(=O)=O)c2)c1. The van der Waals surface area contributed by atoms with Gasteiger partial charge in [-0.15, -0.1) is 0 Å². The topological polar surface area (TPSA) is 77.5 Å². The van der Waals surface area contributed by atoms with E-state index in [4.69, 9.17) is 4.74 Å². The zero-order valence-corrected chi connectivity index (χ0v) is 14.5. The van der Waals surface area contributed by atoms with Crippen LogP contribution in [-0.4, -0.2) is 29.3 Å². The molecule has 0 unspecified atom stereocenters. The Morgan fingerprint density at radius 2 is 1.13 bits per heavy atom. The average Bonchev–Trinajstić information content (AvgIpc) is 2.46. The smallest absolute Gasteiger partial charge is 0.175 e. The molecule has 124 valence electrons. The first kappa shape index (κ1) is 17.7. The van der Waals surface area contributed by atoms with Gasteiger partial charge in [-0.1, -0.05) is 24.3 Å². The molecule has 2 aromatic rings. The molecule has 0 amide bonds. The molecule has 0 saturated heterocycles. The third kappa shape index (κ3) is 5.16. The Kier molecular flexibility index (Phi) is 5.23. The van der Waals surface area contributed by atoms with Crippen LogP contribution in [0.4, 0.5) is 0 Å². The van der Waals surface area contributed by atoms with Gasteiger partial charge in [0.05, 0.1) is 23.0 Å². The largest absolute Gasteiger partial charge is 0.372 e. The number of hydrogen-bond donors (Lipinski definition) is 0. The average molecular weight is 354 g/mol. The molecule has 0 bridgehead atoms. The van der Waals surface area contributed by atoms with Crippen LogP contribution in [0.5, 0.6) is 0 Å². The minimum absolute atomic E-state index is 0.243. The zero-order valence-electron chi connectivity index (χ0n) is 12.9. The maximum absolute atomic E-state index is 11.5. The summed E-state index contributed by atoms with van der Waals surface area (Å²) in [4.78, 5) is 0.496. The molecule has 7 heteroatoms. The van der Waals surface area contributed by atoms with Crippen molar-refractivity contribution in [2.75, 3.05) is 12.5 Å². The zero-order chi connectivity index (χ0) is 17.1. The van der Waals surface area contributed by atoms with Crippen LogP contribution in [-0.2, 0) is 37.6 Å². The second-order valence-corrected chi connectivity index (χ2v) is 9.36. The van der Waals surface area contributed by atoms with Crippen molar-refractivity contribution in [2.45, 2.75) is 23.0 Å². The normalized spacial score (nSPS) is 12.3.